The average molecular weight is 290 g/mol. The molecule has 0 heterocycles. The van der Waals surface area contributed by atoms with Crippen molar-refractivity contribution in [2.24, 2.45) is 23.5 Å². The Bertz CT molecular complexity index is 582. The van der Waals surface area contributed by atoms with Gasteiger partial charge in [-0.05, 0) is 36.5 Å². The van der Waals surface area contributed by atoms with Gasteiger partial charge in [-0.25, -0.2) is 4.39 Å². The number of hydrogen-bond acceptors (Lipinski definition) is 2. The summed E-state index contributed by atoms with van der Waals surface area (Å²) in [5.74, 6) is -0.280. The molecule has 2 unspecified atom stereocenters. The highest BCUT2D eigenvalue weighted by Crippen LogP contribution is 2.50. The zero-order chi connectivity index (χ0) is 15.0. The molecule has 0 radical (unpaired) electrons. The van der Waals surface area contributed by atoms with Gasteiger partial charge in [-0.3, -0.25) is 9.59 Å². The first kappa shape index (κ1) is 14.0. The van der Waals surface area contributed by atoms with Gasteiger partial charge >= 0.3 is 0 Å². The smallest absolute Gasteiger partial charge is 0.251 e. The highest BCUT2D eigenvalue weighted by molar-refractivity contribution is 5.97. The Morgan fingerprint density at radius 2 is 1.95 bits per heavy atom. The molecule has 1 aromatic rings. The summed E-state index contributed by atoms with van der Waals surface area (Å²) < 4.78 is 13.4. The van der Waals surface area contributed by atoms with E-state index in [0.717, 1.165) is 12.5 Å². The number of carbonyl (C=O) groups is 2. The van der Waals surface area contributed by atoms with Crippen LogP contribution in [0.25, 0.3) is 0 Å². The van der Waals surface area contributed by atoms with Crippen molar-refractivity contribution in [1.29, 1.82) is 0 Å². The number of amides is 2. The van der Waals surface area contributed by atoms with Gasteiger partial charge < -0.3 is 11.1 Å². The van der Waals surface area contributed by atoms with E-state index in [9.17, 15) is 14.0 Å². The summed E-state index contributed by atoms with van der Waals surface area (Å²) in [4.78, 5) is 23.3. The minimum atomic E-state index is -0.834. The summed E-state index contributed by atoms with van der Waals surface area (Å²) in [5.41, 5.74) is 5.32. The van der Waals surface area contributed by atoms with Crippen molar-refractivity contribution in [2.45, 2.75) is 32.1 Å². The van der Waals surface area contributed by atoms with Gasteiger partial charge in [0.25, 0.3) is 5.91 Å². The van der Waals surface area contributed by atoms with Crippen molar-refractivity contribution in [3.63, 3.8) is 0 Å². The largest absolute Gasteiger partial charge is 0.366 e. The standard InChI is InChI=1S/C16H19FN2O2/c17-14-6-5-10(7-13(14)15(18)20)19-16(21)12-8-11(12)9-3-1-2-4-9/h5-7,9,11-12H,1-4,8H2,(H2,18,20)(H,19,21). The Hall–Kier alpha value is -1.91. The molecule has 0 aromatic heterocycles. The van der Waals surface area contributed by atoms with E-state index < -0.39 is 11.7 Å². The number of halogens is 1. The molecule has 0 bridgehead atoms. The van der Waals surface area contributed by atoms with E-state index in [1.54, 1.807) is 0 Å². The van der Waals surface area contributed by atoms with Crippen molar-refractivity contribution in [3.05, 3.63) is 29.6 Å². The van der Waals surface area contributed by atoms with Gasteiger partial charge in [0, 0.05) is 11.6 Å². The predicted octanol–water partition coefficient (Wildman–Crippen LogP) is 2.69. The fourth-order valence-electron chi connectivity index (χ4n) is 3.45. The lowest BCUT2D eigenvalue weighted by Gasteiger charge is -2.09. The van der Waals surface area contributed by atoms with Crippen LogP contribution in [0.15, 0.2) is 18.2 Å². The Labute approximate surface area is 122 Å². The maximum Gasteiger partial charge on any atom is 0.251 e. The second kappa shape index (κ2) is 5.47. The van der Waals surface area contributed by atoms with E-state index in [-0.39, 0.29) is 17.4 Å². The maximum atomic E-state index is 13.4. The Morgan fingerprint density at radius 3 is 2.62 bits per heavy atom. The highest BCUT2D eigenvalue weighted by atomic mass is 19.1. The minimum Gasteiger partial charge on any atom is -0.366 e. The average Bonchev–Trinajstić information content (AvgIpc) is 3.07. The fraction of sp³-hybridized carbons (Fsp3) is 0.500. The second-order valence-electron chi connectivity index (χ2n) is 6.10. The van der Waals surface area contributed by atoms with Crippen LogP contribution in [-0.2, 0) is 4.79 Å². The van der Waals surface area contributed by atoms with Crippen molar-refractivity contribution in [1.82, 2.24) is 0 Å². The maximum absolute atomic E-state index is 13.4. The van der Waals surface area contributed by atoms with Gasteiger partial charge in [-0.15, -0.1) is 0 Å². The van der Waals surface area contributed by atoms with Crippen LogP contribution >= 0.6 is 0 Å². The summed E-state index contributed by atoms with van der Waals surface area (Å²) in [5, 5.41) is 2.77. The molecule has 2 fully saturated rings. The molecule has 0 saturated heterocycles. The number of hydrogen-bond donors (Lipinski definition) is 2. The Kier molecular flexibility index (Phi) is 3.66. The molecule has 21 heavy (non-hydrogen) atoms. The zero-order valence-electron chi connectivity index (χ0n) is 11.8. The zero-order valence-corrected chi connectivity index (χ0v) is 11.8. The number of anilines is 1. The van der Waals surface area contributed by atoms with Crippen LogP contribution in [-0.4, -0.2) is 11.8 Å². The molecule has 4 nitrogen and oxygen atoms in total. The molecular weight excluding hydrogens is 271 g/mol. The van der Waals surface area contributed by atoms with E-state index in [0.29, 0.717) is 17.5 Å². The van der Waals surface area contributed by atoms with Gasteiger partial charge in [-0.2, -0.15) is 0 Å². The van der Waals surface area contributed by atoms with E-state index in [1.807, 2.05) is 0 Å². The van der Waals surface area contributed by atoms with Gasteiger partial charge in [0.2, 0.25) is 5.91 Å². The quantitative estimate of drug-likeness (QED) is 0.895. The van der Waals surface area contributed by atoms with Gasteiger partial charge in [-0.1, -0.05) is 25.7 Å². The van der Waals surface area contributed by atoms with Crippen LogP contribution in [0, 0.1) is 23.6 Å². The lowest BCUT2D eigenvalue weighted by atomic mass is 10.0. The molecule has 2 saturated carbocycles. The van der Waals surface area contributed by atoms with Gasteiger partial charge in [0.05, 0.1) is 5.56 Å². The monoisotopic (exact) mass is 290 g/mol. The van der Waals surface area contributed by atoms with Crippen LogP contribution in [0.5, 0.6) is 0 Å². The second-order valence-corrected chi connectivity index (χ2v) is 6.10. The molecule has 2 aliphatic carbocycles. The number of benzene rings is 1. The third kappa shape index (κ3) is 2.91. The molecule has 2 aliphatic rings. The normalized spacial score (nSPS) is 24.8. The Balaban J connectivity index is 1.63. The summed E-state index contributed by atoms with van der Waals surface area (Å²) in [6.45, 7) is 0. The molecule has 5 heteroatoms. The molecular formula is C16H19FN2O2. The molecule has 1 aromatic carbocycles. The van der Waals surface area contributed by atoms with E-state index in [4.69, 9.17) is 5.73 Å². The first-order chi connectivity index (χ1) is 10.1. The third-order valence-electron chi connectivity index (χ3n) is 4.68. The molecule has 112 valence electrons. The van der Waals surface area contributed by atoms with Crippen LogP contribution < -0.4 is 11.1 Å². The number of rotatable bonds is 4. The van der Waals surface area contributed by atoms with Crippen molar-refractivity contribution in [3.8, 4) is 0 Å². The fourth-order valence-corrected chi connectivity index (χ4v) is 3.45. The first-order valence-electron chi connectivity index (χ1n) is 7.46. The summed E-state index contributed by atoms with van der Waals surface area (Å²) in [6.07, 6.45) is 5.96. The topological polar surface area (TPSA) is 72.2 Å². The molecule has 0 spiro atoms. The van der Waals surface area contributed by atoms with Crippen molar-refractivity contribution < 1.29 is 14.0 Å². The molecule has 3 N–H and O–H groups in total. The summed E-state index contributed by atoms with van der Waals surface area (Å²) in [6, 6.07) is 3.90. The van der Waals surface area contributed by atoms with Crippen LogP contribution in [0.2, 0.25) is 0 Å². The van der Waals surface area contributed by atoms with E-state index >= 15 is 0 Å². The first-order valence-corrected chi connectivity index (χ1v) is 7.46. The van der Waals surface area contributed by atoms with Crippen LogP contribution in [0.3, 0.4) is 0 Å². The van der Waals surface area contributed by atoms with Gasteiger partial charge in [0.1, 0.15) is 5.82 Å². The molecule has 3 rings (SSSR count). The molecule has 2 atom stereocenters. The summed E-state index contributed by atoms with van der Waals surface area (Å²) >= 11 is 0. The molecule has 2 amide bonds. The van der Waals surface area contributed by atoms with E-state index in [2.05, 4.69) is 5.32 Å². The minimum absolute atomic E-state index is 0.0334. The van der Waals surface area contributed by atoms with Crippen molar-refractivity contribution in [2.75, 3.05) is 5.32 Å². The van der Waals surface area contributed by atoms with Crippen molar-refractivity contribution >= 4 is 17.5 Å². The lowest BCUT2D eigenvalue weighted by Crippen LogP contribution is -2.18. The number of primary amides is 1. The predicted molar refractivity (Wildman–Crippen MR) is 77.1 cm³/mol. The highest BCUT2D eigenvalue weighted by Gasteiger charge is 2.47. The SMILES string of the molecule is NC(=O)c1cc(NC(=O)C2CC2C2CCCC2)ccc1F. The van der Waals surface area contributed by atoms with E-state index in [1.165, 1.54) is 37.8 Å². The number of nitrogens with two attached hydrogens (primary N) is 1. The number of carbonyl (C=O) groups excluding carboxylic acids is 2. The molecule has 0 aliphatic heterocycles. The number of nitrogens with one attached hydrogen (secondary N) is 1. The Morgan fingerprint density at radius 1 is 1.24 bits per heavy atom. The van der Waals surface area contributed by atoms with Crippen LogP contribution in [0.4, 0.5) is 10.1 Å². The van der Waals surface area contributed by atoms with Gasteiger partial charge in [0.15, 0.2) is 0 Å². The third-order valence-corrected chi connectivity index (χ3v) is 4.68. The summed E-state index contributed by atoms with van der Waals surface area (Å²) in [7, 11) is 0. The van der Waals surface area contributed by atoms with Crippen LogP contribution in [0.1, 0.15) is 42.5 Å². The lowest BCUT2D eigenvalue weighted by molar-refractivity contribution is -0.117.